The monoisotopic (exact) mass is 589 g/mol. The molecule has 0 unspecified atom stereocenters. The van der Waals surface area contributed by atoms with Crippen LogP contribution in [0.1, 0.15) is 5.56 Å². The fraction of sp³-hybridized carbons (Fsp3) is 0.0238. The standard InChI is InChI=1S/C42H27N3O/c1-26-13-22-37-36(23-26)39-35(11-6-12-38(39)46-37)29-16-18-30(19-17-29)40-43-41(33-20-14-27-7-2-4-9-31(27)24-33)45-42(44-40)34-21-15-28-8-3-5-10-32(28)25-34/h2-25H,1H3. The van der Waals surface area contributed by atoms with Crippen molar-refractivity contribution in [1.82, 2.24) is 15.0 Å². The lowest BCUT2D eigenvalue weighted by molar-refractivity contribution is 0.669. The lowest BCUT2D eigenvalue weighted by atomic mass is 9.98. The fourth-order valence-electron chi connectivity index (χ4n) is 6.40. The van der Waals surface area contributed by atoms with Crippen molar-refractivity contribution in [2.75, 3.05) is 0 Å². The molecule has 0 saturated carbocycles. The second-order valence-corrected chi connectivity index (χ2v) is 11.8. The Labute approximate surface area is 265 Å². The van der Waals surface area contributed by atoms with Crippen LogP contribution in [0.4, 0.5) is 0 Å². The Balaban J connectivity index is 1.18. The van der Waals surface area contributed by atoms with Crippen LogP contribution in [0.15, 0.2) is 150 Å². The zero-order valence-corrected chi connectivity index (χ0v) is 25.1. The van der Waals surface area contributed by atoms with E-state index < -0.39 is 0 Å². The molecule has 2 heterocycles. The van der Waals surface area contributed by atoms with E-state index >= 15 is 0 Å². The molecule has 0 aliphatic carbocycles. The van der Waals surface area contributed by atoms with Crippen molar-refractivity contribution in [2.45, 2.75) is 6.92 Å². The van der Waals surface area contributed by atoms with Gasteiger partial charge in [-0.3, -0.25) is 0 Å². The van der Waals surface area contributed by atoms with Gasteiger partial charge in [0.15, 0.2) is 17.5 Å². The second-order valence-electron chi connectivity index (χ2n) is 11.8. The highest BCUT2D eigenvalue weighted by Gasteiger charge is 2.16. The number of hydrogen-bond donors (Lipinski definition) is 0. The molecule has 0 radical (unpaired) electrons. The van der Waals surface area contributed by atoms with E-state index in [0.29, 0.717) is 17.5 Å². The second kappa shape index (κ2) is 10.5. The van der Waals surface area contributed by atoms with Crippen LogP contribution in [0, 0.1) is 6.92 Å². The van der Waals surface area contributed by atoms with Crippen molar-refractivity contribution < 1.29 is 4.42 Å². The van der Waals surface area contributed by atoms with Crippen molar-refractivity contribution in [1.29, 1.82) is 0 Å². The molecule has 0 saturated heterocycles. The predicted octanol–water partition coefficient (Wildman–Crippen LogP) is 11.1. The summed E-state index contributed by atoms with van der Waals surface area (Å²) in [5.41, 5.74) is 8.08. The predicted molar refractivity (Wildman–Crippen MR) is 189 cm³/mol. The molecule has 0 amide bonds. The van der Waals surface area contributed by atoms with Gasteiger partial charge in [0.05, 0.1) is 0 Å². The smallest absolute Gasteiger partial charge is 0.164 e. The van der Waals surface area contributed by atoms with Gasteiger partial charge in [0.1, 0.15) is 11.2 Å². The third-order valence-corrected chi connectivity index (χ3v) is 8.76. The van der Waals surface area contributed by atoms with Crippen LogP contribution >= 0.6 is 0 Å². The highest BCUT2D eigenvalue weighted by Crippen LogP contribution is 2.38. The van der Waals surface area contributed by atoms with Gasteiger partial charge in [-0.15, -0.1) is 0 Å². The SMILES string of the molecule is Cc1ccc2oc3cccc(-c4ccc(-c5nc(-c6ccc7ccccc7c6)nc(-c6ccc7ccccc7c6)n5)cc4)c3c2c1. The highest BCUT2D eigenvalue weighted by molar-refractivity contribution is 6.12. The Morgan fingerprint density at radius 2 is 0.957 bits per heavy atom. The van der Waals surface area contributed by atoms with Crippen LogP contribution < -0.4 is 0 Å². The summed E-state index contributed by atoms with van der Waals surface area (Å²) in [5.74, 6) is 1.93. The largest absolute Gasteiger partial charge is 0.456 e. The number of aryl methyl sites for hydroxylation is 1. The molecule has 4 nitrogen and oxygen atoms in total. The number of benzene rings is 7. The summed E-state index contributed by atoms with van der Waals surface area (Å²) in [7, 11) is 0. The van der Waals surface area contributed by atoms with Crippen LogP contribution in [0.2, 0.25) is 0 Å². The number of rotatable bonds is 4. The summed E-state index contributed by atoms with van der Waals surface area (Å²) in [6.07, 6.45) is 0. The first-order valence-corrected chi connectivity index (χ1v) is 15.4. The number of furan rings is 1. The van der Waals surface area contributed by atoms with Crippen LogP contribution in [-0.2, 0) is 0 Å². The first kappa shape index (κ1) is 26.3. The first-order chi connectivity index (χ1) is 22.7. The van der Waals surface area contributed by atoms with Crippen molar-refractivity contribution in [3.8, 4) is 45.3 Å². The summed E-state index contributed by atoms with van der Waals surface area (Å²) in [6.45, 7) is 2.11. The quantitative estimate of drug-likeness (QED) is 0.205. The van der Waals surface area contributed by atoms with Gasteiger partial charge < -0.3 is 4.42 Å². The van der Waals surface area contributed by atoms with Gasteiger partial charge in [-0.05, 0) is 69.9 Å². The van der Waals surface area contributed by atoms with E-state index in [-0.39, 0.29) is 0 Å². The maximum absolute atomic E-state index is 6.20. The Hall–Kier alpha value is -6.13. The molecule has 0 fully saturated rings. The van der Waals surface area contributed by atoms with Crippen LogP contribution in [-0.4, -0.2) is 15.0 Å². The molecule has 216 valence electrons. The molecule has 2 aromatic heterocycles. The van der Waals surface area contributed by atoms with E-state index in [0.717, 1.165) is 60.5 Å². The average Bonchev–Trinajstić information content (AvgIpc) is 3.49. The van der Waals surface area contributed by atoms with Crippen LogP contribution in [0.5, 0.6) is 0 Å². The third-order valence-electron chi connectivity index (χ3n) is 8.76. The lowest BCUT2D eigenvalue weighted by Crippen LogP contribution is -2.00. The number of hydrogen-bond acceptors (Lipinski definition) is 4. The first-order valence-electron chi connectivity index (χ1n) is 15.4. The van der Waals surface area contributed by atoms with Gasteiger partial charge in [-0.2, -0.15) is 0 Å². The molecule has 7 aromatic carbocycles. The molecule has 0 spiro atoms. The van der Waals surface area contributed by atoms with E-state index in [9.17, 15) is 0 Å². The van der Waals surface area contributed by atoms with E-state index in [1.807, 2.05) is 6.07 Å². The average molecular weight is 590 g/mol. The minimum Gasteiger partial charge on any atom is -0.456 e. The van der Waals surface area contributed by atoms with Gasteiger partial charge in [0, 0.05) is 27.5 Å². The van der Waals surface area contributed by atoms with Gasteiger partial charge in [-0.1, -0.05) is 121 Å². The summed E-state index contributed by atoms with van der Waals surface area (Å²) >= 11 is 0. The van der Waals surface area contributed by atoms with E-state index in [2.05, 4.69) is 146 Å². The summed E-state index contributed by atoms with van der Waals surface area (Å²) in [6, 6.07) is 50.5. The van der Waals surface area contributed by atoms with E-state index in [1.54, 1.807) is 0 Å². The molecule has 9 rings (SSSR count). The van der Waals surface area contributed by atoms with Gasteiger partial charge in [-0.25, -0.2) is 15.0 Å². The third kappa shape index (κ3) is 4.51. The summed E-state index contributed by atoms with van der Waals surface area (Å²) < 4.78 is 6.20. The molecule has 0 bridgehead atoms. The van der Waals surface area contributed by atoms with Crippen LogP contribution in [0.25, 0.3) is 88.8 Å². The molecule has 0 atom stereocenters. The van der Waals surface area contributed by atoms with Gasteiger partial charge in [0.2, 0.25) is 0 Å². The Morgan fingerprint density at radius 3 is 1.59 bits per heavy atom. The van der Waals surface area contributed by atoms with Crippen molar-refractivity contribution in [3.63, 3.8) is 0 Å². The van der Waals surface area contributed by atoms with E-state index in [1.165, 1.54) is 16.3 Å². The molecular weight excluding hydrogens is 562 g/mol. The lowest BCUT2D eigenvalue weighted by Gasteiger charge is -2.10. The summed E-state index contributed by atoms with van der Waals surface area (Å²) in [5, 5.41) is 6.92. The van der Waals surface area contributed by atoms with Gasteiger partial charge in [0.25, 0.3) is 0 Å². The molecule has 46 heavy (non-hydrogen) atoms. The topological polar surface area (TPSA) is 51.8 Å². The minimum atomic E-state index is 0.635. The number of fused-ring (bicyclic) bond motifs is 5. The number of aromatic nitrogens is 3. The van der Waals surface area contributed by atoms with Gasteiger partial charge >= 0.3 is 0 Å². The maximum atomic E-state index is 6.20. The van der Waals surface area contributed by atoms with Crippen LogP contribution in [0.3, 0.4) is 0 Å². The molecule has 9 aromatic rings. The van der Waals surface area contributed by atoms with Crippen molar-refractivity contribution in [3.05, 3.63) is 151 Å². The summed E-state index contributed by atoms with van der Waals surface area (Å²) in [4.78, 5) is 15.1. The molecule has 0 aliphatic rings. The molecule has 0 aliphatic heterocycles. The van der Waals surface area contributed by atoms with Crippen molar-refractivity contribution >= 4 is 43.5 Å². The Bertz CT molecular complexity index is 2500. The fourth-order valence-corrected chi connectivity index (χ4v) is 6.40. The Morgan fingerprint density at radius 1 is 0.413 bits per heavy atom. The molecule has 4 heteroatoms. The van der Waals surface area contributed by atoms with Crippen molar-refractivity contribution in [2.24, 2.45) is 0 Å². The maximum Gasteiger partial charge on any atom is 0.164 e. The zero-order chi connectivity index (χ0) is 30.6. The Kier molecular flexibility index (Phi) is 6.00. The van der Waals surface area contributed by atoms with E-state index in [4.69, 9.17) is 19.4 Å². The normalized spacial score (nSPS) is 11.6. The zero-order valence-electron chi connectivity index (χ0n) is 25.1. The minimum absolute atomic E-state index is 0.635. The highest BCUT2D eigenvalue weighted by atomic mass is 16.3. The number of nitrogens with zero attached hydrogens (tertiary/aromatic N) is 3. The molecular formula is C42H27N3O. The molecule has 0 N–H and O–H groups in total.